The van der Waals surface area contributed by atoms with Crippen molar-refractivity contribution in [3.8, 4) is 12.3 Å². The summed E-state index contributed by atoms with van der Waals surface area (Å²) in [7, 11) is 42.5. The average Bonchev–Trinajstić information content (AvgIpc) is 2.67. The summed E-state index contributed by atoms with van der Waals surface area (Å²) in [5.41, 5.74) is 3.13. The number of allylic oxidation sites excluding steroid dienone is 10. The molecule has 0 spiro atoms. The minimum atomic E-state index is -0.636. The molecule has 128 valence electrons. The third kappa shape index (κ3) is 5.44. The maximum atomic E-state index is 9.97. The van der Waals surface area contributed by atoms with Gasteiger partial charge in [-0.2, -0.15) is 0 Å². The van der Waals surface area contributed by atoms with Gasteiger partial charge < -0.3 is 0 Å². The van der Waals surface area contributed by atoms with Crippen molar-refractivity contribution in [3.63, 3.8) is 0 Å². The molecule has 0 aromatic heterocycles. The van der Waals surface area contributed by atoms with Gasteiger partial charge >= 0.3 is 182 Å². The van der Waals surface area contributed by atoms with Gasteiger partial charge in [0.05, 0.1) is 0 Å². The van der Waals surface area contributed by atoms with Crippen LogP contribution in [0.25, 0.3) is 0 Å². The van der Waals surface area contributed by atoms with Crippen LogP contribution in [0.2, 0.25) is 0 Å². The van der Waals surface area contributed by atoms with Crippen LogP contribution < -0.4 is 0 Å². The van der Waals surface area contributed by atoms with Crippen LogP contribution in [0.5, 0.6) is 0 Å². The Labute approximate surface area is 182 Å². The Morgan fingerprint density at radius 1 is 1.17 bits per heavy atom. The molecular formula is C20H15B7O2. The first-order chi connectivity index (χ1) is 13.3. The van der Waals surface area contributed by atoms with Crippen LogP contribution in [0.4, 0.5) is 0 Å². The molecule has 1 aliphatic carbocycles. The topological polar surface area (TPSA) is 40.5 Å². The monoisotopic (exact) mass is 364 g/mol. The van der Waals surface area contributed by atoms with Gasteiger partial charge in [-0.3, -0.25) is 0 Å². The van der Waals surface area contributed by atoms with E-state index in [-0.39, 0.29) is 45.7 Å². The van der Waals surface area contributed by atoms with E-state index in [1.807, 2.05) is 5.92 Å². The number of aliphatic hydroxyl groups is 2. The van der Waals surface area contributed by atoms with Gasteiger partial charge in [0, 0.05) is 0 Å². The molecule has 0 atom stereocenters. The Bertz CT molecular complexity index is 998. The van der Waals surface area contributed by atoms with E-state index in [0.29, 0.717) is 27.8 Å². The molecule has 0 amide bonds. The van der Waals surface area contributed by atoms with Crippen LogP contribution in [0.3, 0.4) is 0 Å². The Morgan fingerprint density at radius 3 is 2.17 bits per heavy atom. The van der Waals surface area contributed by atoms with E-state index in [1.165, 1.54) is 6.92 Å². The zero-order valence-corrected chi connectivity index (χ0v) is 16.6. The van der Waals surface area contributed by atoms with Gasteiger partial charge in [-0.1, -0.05) is 0 Å². The molecule has 0 saturated heterocycles. The summed E-state index contributed by atoms with van der Waals surface area (Å²) in [6.45, 7) is 6.96. The van der Waals surface area contributed by atoms with Crippen molar-refractivity contribution in [3.05, 3.63) is 67.9 Å². The number of rotatable bonds is 6. The van der Waals surface area contributed by atoms with Gasteiger partial charge in [0.2, 0.25) is 0 Å². The number of terminal acetylenes is 1. The van der Waals surface area contributed by atoms with Crippen LogP contribution in [-0.4, -0.2) is 75.2 Å². The zero-order chi connectivity index (χ0) is 22.6. The fourth-order valence-corrected chi connectivity index (χ4v) is 2.72. The zero-order valence-electron chi connectivity index (χ0n) is 16.6. The molecule has 0 aromatic carbocycles. The number of aliphatic hydroxyl groups excluding tert-OH is 2. The van der Waals surface area contributed by atoms with Crippen molar-refractivity contribution in [1.29, 1.82) is 0 Å². The van der Waals surface area contributed by atoms with Crippen LogP contribution in [0.15, 0.2) is 67.9 Å². The molecule has 0 saturated carbocycles. The molecule has 0 aliphatic heterocycles. The molecule has 0 aromatic rings. The number of hydrogen-bond donors (Lipinski definition) is 2. The summed E-state index contributed by atoms with van der Waals surface area (Å²) in [5, 5.41) is 19.5. The Balaban J connectivity index is 3.69. The van der Waals surface area contributed by atoms with E-state index >= 15 is 0 Å². The molecule has 2 nitrogen and oxygen atoms in total. The van der Waals surface area contributed by atoms with Gasteiger partial charge in [0.1, 0.15) is 0 Å². The standard InChI is InChI=1S/C20H15B7O2/c1-5-14(28)19(29)9(4)12(21)6-10-13(22)7-11(20(26)27)15(17(10)24)18(25)16(23)8(2)3/h1,28-29H,2,6-7H2,3-4H3/b12-9+,18-16-,19-14-. The average molecular weight is 363 g/mol. The van der Waals surface area contributed by atoms with Crippen molar-refractivity contribution in [2.45, 2.75) is 26.7 Å². The first-order valence-electron chi connectivity index (χ1n) is 8.52. The van der Waals surface area contributed by atoms with Gasteiger partial charge in [-0.05, 0) is 0 Å². The van der Waals surface area contributed by atoms with E-state index in [4.69, 9.17) is 60.6 Å². The summed E-state index contributed by atoms with van der Waals surface area (Å²) >= 11 is 0. The second-order valence-electron chi connectivity index (χ2n) is 6.68. The summed E-state index contributed by atoms with van der Waals surface area (Å²) in [4.78, 5) is 0. The van der Waals surface area contributed by atoms with Gasteiger partial charge in [0.25, 0.3) is 0 Å². The van der Waals surface area contributed by atoms with Crippen molar-refractivity contribution in [2.24, 2.45) is 0 Å². The first kappa shape index (κ1) is 24.8. The van der Waals surface area contributed by atoms with Crippen molar-refractivity contribution < 1.29 is 10.2 Å². The molecule has 1 rings (SSSR count). The van der Waals surface area contributed by atoms with Gasteiger partial charge in [0.15, 0.2) is 0 Å². The van der Waals surface area contributed by atoms with Crippen LogP contribution in [-0.2, 0) is 0 Å². The predicted octanol–water partition coefficient (Wildman–Crippen LogP) is 0.835. The molecule has 0 heterocycles. The van der Waals surface area contributed by atoms with Gasteiger partial charge in [-0.15, -0.1) is 0 Å². The second-order valence-corrected chi connectivity index (χ2v) is 6.68. The van der Waals surface area contributed by atoms with Crippen molar-refractivity contribution >= 4 is 65.0 Å². The predicted molar refractivity (Wildman–Crippen MR) is 129 cm³/mol. The van der Waals surface area contributed by atoms with E-state index in [9.17, 15) is 10.2 Å². The fraction of sp³-hybridized carbons (Fsp3) is 0.200. The first-order valence-corrected chi connectivity index (χ1v) is 8.52. The maximum absolute atomic E-state index is 9.97. The van der Waals surface area contributed by atoms with Crippen molar-refractivity contribution in [2.75, 3.05) is 0 Å². The van der Waals surface area contributed by atoms with Crippen molar-refractivity contribution in [1.82, 2.24) is 0 Å². The molecule has 29 heavy (non-hydrogen) atoms. The third-order valence-corrected chi connectivity index (χ3v) is 4.58. The summed E-state index contributed by atoms with van der Waals surface area (Å²) < 4.78 is 0. The van der Waals surface area contributed by atoms with E-state index in [1.54, 1.807) is 6.92 Å². The molecular weight excluding hydrogens is 348 g/mol. The summed E-state index contributed by atoms with van der Waals surface area (Å²) in [5.74, 6) is 0.781. The second kappa shape index (κ2) is 10.0. The van der Waals surface area contributed by atoms with Crippen LogP contribution in [0, 0.1) is 12.3 Å². The molecule has 2 N–H and O–H groups in total. The fourth-order valence-electron chi connectivity index (χ4n) is 2.72. The van der Waals surface area contributed by atoms with E-state index in [0.717, 1.165) is 0 Å². The Hall–Kier alpha value is -2.21. The summed E-state index contributed by atoms with van der Waals surface area (Å²) in [6.07, 6.45) is 5.30. The molecule has 1 aliphatic rings. The minimum absolute atomic E-state index is 0.00151. The van der Waals surface area contributed by atoms with E-state index in [2.05, 4.69) is 6.58 Å². The third-order valence-electron chi connectivity index (χ3n) is 4.58. The molecule has 0 unspecified atom stereocenters. The molecule has 0 fully saturated rings. The molecule has 0 bridgehead atoms. The molecule has 12 radical (unpaired) electrons. The Kier molecular flexibility index (Phi) is 8.57. The normalized spacial score (nSPS) is 17.1. The quantitative estimate of drug-likeness (QED) is 0.318. The van der Waals surface area contributed by atoms with Crippen LogP contribution in [0.1, 0.15) is 26.7 Å². The van der Waals surface area contributed by atoms with Gasteiger partial charge in [-0.25, -0.2) is 0 Å². The summed E-state index contributed by atoms with van der Waals surface area (Å²) in [6, 6.07) is 0. The number of hydrogen-bond acceptors (Lipinski definition) is 2. The SMILES string of the molecule is [B]C(=[B])C1=C(/C([B])=C(/[B])C(=C)C)C([B])=C(C/C([B])=C(C)\C(O)=C(\O)C#C)C(=[B])C1. The Morgan fingerprint density at radius 2 is 1.72 bits per heavy atom. The molecule has 9 heteroatoms. The van der Waals surface area contributed by atoms with Crippen LogP contribution >= 0.6 is 0 Å². The van der Waals surface area contributed by atoms with E-state index < -0.39 is 11.5 Å².